The molecular formula is C16H28. The van der Waals surface area contributed by atoms with E-state index in [0.717, 1.165) is 19.3 Å². The van der Waals surface area contributed by atoms with Gasteiger partial charge < -0.3 is 0 Å². The molecule has 0 amide bonds. The Labute approximate surface area is 104 Å². The van der Waals surface area contributed by atoms with Crippen LogP contribution in [-0.4, -0.2) is 0 Å². The van der Waals surface area contributed by atoms with Gasteiger partial charge in [0.15, 0.2) is 0 Å². The maximum atomic E-state index is 4.78. The van der Waals surface area contributed by atoms with Gasteiger partial charge in [-0.05, 0) is 20.3 Å². The fraction of sp³-hybridized carbons (Fsp3) is 0.500. The van der Waals surface area contributed by atoms with Crippen LogP contribution in [0.15, 0.2) is 25.3 Å². The molecule has 92 valence electrons. The predicted molar refractivity (Wildman–Crippen MR) is 79.2 cm³/mol. The van der Waals surface area contributed by atoms with Crippen LogP contribution in [0.5, 0.6) is 0 Å². The van der Waals surface area contributed by atoms with E-state index in [9.17, 15) is 0 Å². The van der Waals surface area contributed by atoms with Crippen LogP contribution in [0.2, 0.25) is 0 Å². The molecule has 0 aromatic carbocycles. The average molecular weight is 220 g/mol. The fourth-order valence-electron chi connectivity index (χ4n) is 0.177. The Morgan fingerprint density at radius 2 is 1.44 bits per heavy atom. The molecule has 0 nitrogen and oxygen atoms in total. The molecule has 0 fully saturated rings. The molecule has 0 atom stereocenters. The molecule has 0 N–H and O–H groups in total. The van der Waals surface area contributed by atoms with E-state index >= 15 is 0 Å². The molecule has 16 heavy (non-hydrogen) atoms. The molecule has 0 spiro atoms. The highest BCUT2D eigenvalue weighted by molar-refractivity contribution is 4.92. The maximum absolute atomic E-state index is 4.78. The summed E-state index contributed by atoms with van der Waals surface area (Å²) in [6, 6.07) is 0. The van der Waals surface area contributed by atoms with Crippen molar-refractivity contribution < 1.29 is 0 Å². The molecular weight excluding hydrogens is 192 g/mol. The first-order valence-corrected chi connectivity index (χ1v) is 5.67. The number of rotatable bonds is 1. The van der Waals surface area contributed by atoms with E-state index in [1.165, 1.54) is 0 Å². The smallest absolute Gasteiger partial charge is 0.00601 e. The summed E-state index contributed by atoms with van der Waals surface area (Å²) in [7, 11) is 0. The van der Waals surface area contributed by atoms with Gasteiger partial charge in [0.1, 0.15) is 0 Å². The van der Waals surface area contributed by atoms with E-state index in [0.29, 0.717) is 0 Å². The lowest BCUT2D eigenvalue weighted by Gasteiger charge is -1.58. The van der Waals surface area contributed by atoms with Crippen molar-refractivity contribution in [2.45, 2.75) is 53.9 Å². The van der Waals surface area contributed by atoms with Crippen molar-refractivity contribution in [2.24, 2.45) is 0 Å². The van der Waals surface area contributed by atoms with E-state index in [1.54, 1.807) is 6.08 Å². The Kier molecular flexibility index (Phi) is 74.5. The highest BCUT2D eigenvalue weighted by Crippen LogP contribution is 1.66. The Bertz CT molecular complexity index is 192. The molecule has 0 bridgehead atoms. The highest BCUT2D eigenvalue weighted by Gasteiger charge is 1.48. The van der Waals surface area contributed by atoms with E-state index in [-0.39, 0.29) is 0 Å². The molecule has 0 saturated carbocycles. The lowest BCUT2D eigenvalue weighted by molar-refractivity contribution is 1.23. The van der Waals surface area contributed by atoms with Crippen LogP contribution < -0.4 is 0 Å². The molecule has 0 heteroatoms. The zero-order chi connectivity index (χ0) is 13.7. The van der Waals surface area contributed by atoms with Gasteiger partial charge >= 0.3 is 0 Å². The second-order valence-corrected chi connectivity index (χ2v) is 2.44. The van der Waals surface area contributed by atoms with Crippen LogP contribution in [0.4, 0.5) is 0 Å². The Morgan fingerprint density at radius 3 is 1.44 bits per heavy atom. The van der Waals surface area contributed by atoms with Gasteiger partial charge in [-0.2, -0.15) is 0 Å². The first kappa shape index (κ1) is 24.0. The van der Waals surface area contributed by atoms with Gasteiger partial charge in [-0.1, -0.05) is 32.9 Å². The molecule has 0 aromatic rings. The van der Waals surface area contributed by atoms with Crippen LogP contribution in [0.3, 0.4) is 0 Å². The Morgan fingerprint density at radius 1 is 1.12 bits per heavy atom. The van der Waals surface area contributed by atoms with E-state index in [2.05, 4.69) is 37.8 Å². The molecule has 0 saturated heterocycles. The van der Waals surface area contributed by atoms with Crippen molar-refractivity contribution in [3.8, 4) is 24.2 Å². The monoisotopic (exact) mass is 220 g/mol. The van der Waals surface area contributed by atoms with Crippen molar-refractivity contribution in [1.82, 2.24) is 0 Å². The summed E-state index contributed by atoms with van der Waals surface area (Å²) in [4.78, 5) is 0. The molecule has 0 unspecified atom stereocenters. The Balaban J connectivity index is -0.0000000610. The van der Waals surface area contributed by atoms with Crippen LogP contribution in [0.25, 0.3) is 0 Å². The summed E-state index contributed by atoms with van der Waals surface area (Å²) < 4.78 is 0. The van der Waals surface area contributed by atoms with Crippen molar-refractivity contribution >= 4 is 0 Å². The normalized spacial score (nSPS) is 5.25. The maximum Gasteiger partial charge on any atom is 0.00601 e. The van der Waals surface area contributed by atoms with Crippen LogP contribution in [0.1, 0.15) is 53.9 Å². The standard InChI is InChI=1S/C5H8.C4H8.C4H6.C3H6/c1-3-5-4-2;2*1-3-4-2;1-3-2/h3H2,1-2H3;3H,1,4H2,2H3;1H,4H2,2H3;3H,1H2,2H3. The van der Waals surface area contributed by atoms with E-state index < -0.39 is 0 Å². The molecule has 0 aliphatic rings. The second kappa shape index (κ2) is 49.6. The largest absolute Gasteiger partial charge is 0.120 e. The minimum atomic E-state index is 0.847. The molecule has 0 rings (SSSR count). The summed E-state index contributed by atoms with van der Waals surface area (Å²) in [6.45, 7) is 16.6. The summed E-state index contributed by atoms with van der Waals surface area (Å²) in [5, 5.41) is 0. The SMILES string of the molecule is C#CCC.C=CC.C=CCC.CC#CCC. The van der Waals surface area contributed by atoms with Gasteiger partial charge in [-0.3, -0.25) is 0 Å². The minimum absolute atomic E-state index is 0.847. The van der Waals surface area contributed by atoms with Gasteiger partial charge in [0.25, 0.3) is 0 Å². The van der Waals surface area contributed by atoms with Crippen molar-refractivity contribution in [3.63, 3.8) is 0 Å². The lowest BCUT2D eigenvalue weighted by Crippen LogP contribution is -1.45. The third-order valence-electron chi connectivity index (χ3n) is 0.846. The summed E-state index contributed by atoms with van der Waals surface area (Å²) in [5.74, 6) is 8.06. The quantitative estimate of drug-likeness (QED) is 0.419. The van der Waals surface area contributed by atoms with Crippen molar-refractivity contribution in [3.05, 3.63) is 25.3 Å². The summed E-state index contributed by atoms with van der Waals surface area (Å²) >= 11 is 0. The molecule has 0 heterocycles. The third kappa shape index (κ3) is 251. The number of hydrogen-bond acceptors (Lipinski definition) is 0. The third-order valence-corrected chi connectivity index (χ3v) is 0.846. The summed E-state index contributed by atoms with van der Waals surface area (Å²) in [6.07, 6.45) is 11.3. The van der Waals surface area contributed by atoms with Crippen LogP contribution in [-0.2, 0) is 0 Å². The van der Waals surface area contributed by atoms with Crippen molar-refractivity contribution in [1.29, 1.82) is 0 Å². The molecule has 0 radical (unpaired) electrons. The minimum Gasteiger partial charge on any atom is -0.120 e. The van der Waals surface area contributed by atoms with Crippen LogP contribution >= 0.6 is 0 Å². The second-order valence-electron chi connectivity index (χ2n) is 2.44. The Hall–Kier alpha value is -1.40. The van der Waals surface area contributed by atoms with Gasteiger partial charge in [0.05, 0.1) is 0 Å². The van der Waals surface area contributed by atoms with E-state index in [1.807, 2.05) is 33.8 Å². The van der Waals surface area contributed by atoms with Gasteiger partial charge in [-0.25, -0.2) is 0 Å². The van der Waals surface area contributed by atoms with Gasteiger partial charge in [0, 0.05) is 12.8 Å². The van der Waals surface area contributed by atoms with E-state index in [4.69, 9.17) is 6.42 Å². The zero-order valence-electron chi connectivity index (χ0n) is 11.8. The fourth-order valence-corrected chi connectivity index (χ4v) is 0.177. The number of hydrogen-bond donors (Lipinski definition) is 0. The number of allylic oxidation sites excluding steroid dienone is 2. The highest BCUT2D eigenvalue weighted by atomic mass is 13.5. The molecule has 0 aliphatic carbocycles. The topological polar surface area (TPSA) is 0 Å². The van der Waals surface area contributed by atoms with Gasteiger partial charge in [0.2, 0.25) is 0 Å². The molecule has 0 aliphatic heterocycles. The van der Waals surface area contributed by atoms with Crippen LogP contribution in [0, 0.1) is 24.2 Å². The first-order chi connectivity index (χ1) is 7.66. The lowest BCUT2D eigenvalue weighted by atomic mass is 10.5. The predicted octanol–water partition coefficient (Wildman–Crippen LogP) is 5.22. The van der Waals surface area contributed by atoms with Gasteiger partial charge in [-0.15, -0.1) is 37.3 Å². The zero-order valence-corrected chi connectivity index (χ0v) is 11.8. The average Bonchev–Trinajstić information content (AvgIpc) is 2.32. The van der Waals surface area contributed by atoms with Crippen molar-refractivity contribution in [2.75, 3.05) is 0 Å². The summed E-state index contributed by atoms with van der Waals surface area (Å²) in [5.41, 5.74) is 0. The molecule has 0 aromatic heterocycles. The number of terminal acetylenes is 1. The first-order valence-electron chi connectivity index (χ1n) is 5.67.